The van der Waals surface area contributed by atoms with Crippen LogP contribution < -0.4 is 0 Å². The highest BCUT2D eigenvalue weighted by atomic mass is 16.6. The minimum absolute atomic E-state index is 0.0798. The normalized spacial score (nSPS) is 10.6. The van der Waals surface area contributed by atoms with E-state index < -0.39 is 4.92 Å². The second kappa shape index (κ2) is 6.95. The van der Waals surface area contributed by atoms with Crippen molar-refractivity contribution in [2.45, 2.75) is 13.3 Å². The Labute approximate surface area is 127 Å². The molecule has 116 valence electrons. The van der Waals surface area contributed by atoms with Crippen LogP contribution in [-0.2, 0) is 0 Å². The molecule has 1 N–H and O–H groups in total. The summed E-state index contributed by atoms with van der Waals surface area (Å²) >= 11 is 0. The summed E-state index contributed by atoms with van der Waals surface area (Å²) in [6, 6.07) is 5.92. The fourth-order valence-corrected chi connectivity index (χ4v) is 2.37. The lowest BCUT2D eigenvalue weighted by Gasteiger charge is -2.21. The molecule has 0 aliphatic carbocycles. The van der Waals surface area contributed by atoms with Crippen molar-refractivity contribution in [3.63, 3.8) is 0 Å². The summed E-state index contributed by atoms with van der Waals surface area (Å²) in [7, 11) is 0. The van der Waals surface area contributed by atoms with Crippen LogP contribution in [0.5, 0.6) is 0 Å². The number of amides is 1. The van der Waals surface area contributed by atoms with E-state index in [-0.39, 0.29) is 24.7 Å². The maximum absolute atomic E-state index is 12.6. The van der Waals surface area contributed by atoms with Crippen molar-refractivity contribution in [2.24, 2.45) is 0 Å². The van der Waals surface area contributed by atoms with Gasteiger partial charge in [-0.3, -0.25) is 19.9 Å². The van der Waals surface area contributed by atoms with Crippen LogP contribution in [-0.4, -0.2) is 45.5 Å². The molecule has 2 aromatic rings. The Morgan fingerprint density at radius 3 is 2.77 bits per heavy atom. The molecule has 1 aromatic carbocycles. The van der Waals surface area contributed by atoms with Crippen LogP contribution in [0.1, 0.15) is 23.7 Å². The third-order valence-electron chi connectivity index (χ3n) is 3.32. The van der Waals surface area contributed by atoms with Gasteiger partial charge in [0.1, 0.15) is 0 Å². The predicted octanol–water partition coefficient (Wildman–Crippen LogP) is 1.99. The zero-order valence-electron chi connectivity index (χ0n) is 12.2. The standard InChI is InChI=1S/C15H17N3O4/c1-2-8-17(9-10-19)15(20)12-5-6-13(18(21)22)11-4-3-7-16-14(11)12/h3-7,19H,2,8-10H2,1H3. The number of pyridine rings is 1. The Bertz CT molecular complexity index is 696. The summed E-state index contributed by atoms with van der Waals surface area (Å²) in [5.41, 5.74) is 0.535. The molecular formula is C15H17N3O4. The minimum Gasteiger partial charge on any atom is -0.395 e. The first-order valence-corrected chi connectivity index (χ1v) is 7.02. The molecule has 2 rings (SSSR count). The van der Waals surface area contributed by atoms with Gasteiger partial charge in [-0.15, -0.1) is 0 Å². The van der Waals surface area contributed by atoms with Crippen molar-refractivity contribution in [3.8, 4) is 0 Å². The molecule has 1 amide bonds. The quantitative estimate of drug-likeness (QED) is 0.650. The molecule has 7 heteroatoms. The van der Waals surface area contributed by atoms with Crippen LogP contribution in [0, 0.1) is 10.1 Å². The van der Waals surface area contributed by atoms with Gasteiger partial charge in [0.25, 0.3) is 11.6 Å². The number of fused-ring (bicyclic) bond motifs is 1. The van der Waals surface area contributed by atoms with Gasteiger partial charge in [0.05, 0.1) is 28.0 Å². The third kappa shape index (κ3) is 3.04. The number of nitro benzene ring substituents is 1. The number of non-ortho nitro benzene ring substituents is 1. The van der Waals surface area contributed by atoms with Crippen LogP contribution in [0.2, 0.25) is 0 Å². The number of hydrogen-bond donors (Lipinski definition) is 1. The van der Waals surface area contributed by atoms with Crippen molar-refractivity contribution in [1.29, 1.82) is 0 Å². The van der Waals surface area contributed by atoms with Gasteiger partial charge in [0, 0.05) is 25.4 Å². The van der Waals surface area contributed by atoms with E-state index >= 15 is 0 Å². The molecule has 0 aliphatic rings. The molecule has 1 heterocycles. The fourth-order valence-electron chi connectivity index (χ4n) is 2.37. The van der Waals surface area contributed by atoms with E-state index in [0.717, 1.165) is 6.42 Å². The summed E-state index contributed by atoms with van der Waals surface area (Å²) in [6.07, 6.45) is 2.25. The molecule has 0 saturated heterocycles. The molecule has 0 radical (unpaired) electrons. The second-order valence-electron chi connectivity index (χ2n) is 4.80. The number of aliphatic hydroxyl groups is 1. The number of benzene rings is 1. The minimum atomic E-state index is -0.490. The maximum Gasteiger partial charge on any atom is 0.278 e. The number of hydrogen-bond acceptors (Lipinski definition) is 5. The molecule has 1 aromatic heterocycles. The highest BCUT2D eigenvalue weighted by molar-refractivity contribution is 6.07. The second-order valence-corrected chi connectivity index (χ2v) is 4.80. The molecule has 7 nitrogen and oxygen atoms in total. The number of nitro groups is 1. The van der Waals surface area contributed by atoms with E-state index in [1.165, 1.54) is 23.2 Å². The molecule has 22 heavy (non-hydrogen) atoms. The zero-order valence-corrected chi connectivity index (χ0v) is 12.2. The van der Waals surface area contributed by atoms with E-state index in [1.807, 2.05) is 6.92 Å². The average Bonchev–Trinajstić information content (AvgIpc) is 2.52. The Balaban J connectivity index is 2.54. The highest BCUT2D eigenvalue weighted by Crippen LogP contribution is 2.27. The number of carbonyl (C=O) groups is 1. The summed E-state index contributed by atoms with van der Waals surface area (Å²) in [5.74, 6) is -0.283. The van der Waals surface area contributed by atoms with Crippen molar-refractivity contribution in [2.75, 3.05) is 19.7 Å². The van der Waals surface area contributed by atoms with Crippen molar-refractivity contribution < 1.29 is 14.8 Å². The fraction of sp³-hybridized carbons (Fsp3) is 0.333. The van der Waals surface area contributed by atoms with E-state index in [4.69, 9.17) is 5.11 Å². The van der Waals surface area contributed by atoms with Gasteiger partial charge < -0.3 is 10.0 Å². The molecule has 0 fully saturated rings. The van der Waals surface area contributed by atoms with Crippen LogP contribution in [0.3, 0.4) is 0 Å². The number of aliphatic hydroxyl groups excluding tert-OH is 1. The van der Waals surface area contributed by atoms with E-state index in [9.17, 15) is 14.9 Å². The monoisotopic (exact) mass is 303 g/mol. The van der Waals surface area contributed by atoms with Crippen molar-refractivity contribution in [3.05, 3.63) is 46.1 Å². The summed E-state index contributed by atoms with van der Waals surface area (Å²) in [5, 5.41) is 20.5. The molecule has 0 saturated carbocycles. The lowest BCUT2D eigenvalue weighted by Crippen LogP contribution is -2.34. The Hall–Kier alpha value is -2.54. The van der Waals surface area contributed by atoms with Gasteiger partial charge in [0.2, 0.25) is 0 Å². The number of rotatable bonds is 6. The summed E-state index contributed by atoms with van der Waals surface area (Å²) in [6.45, 7) is 2.52. The predicted molar refractivity (Wildman–Crippen MR) is 81.7 cm³/mol. The number of nitrogens with zero attached hydrogens (tertiary/aromatic N) is 3. The van der Waals surface area contributed by atoms with Crippen LogP contribution in [0.25, 0.3) is 10.9 Å². The van der Waals surface area contributed by atoms with Gasteiger partial charge in [-0.25, -0.2) is 0 Å². The maximum atomic E-state index is 12.6. The zero-order chi connectivity index (χ0) is 16.1. The van der Waals surface area contributed by atoms with Gasteiger partial charge in [-0.2, -0.15) is 0 Å². The molecule has 0 bridgehead atoms. The SMILES string of the molecule is CCCN(CCO)C(=O)c1ccc([N+](=O)[O-])c2cccnc12. The molecular weight excluding hydrogens is 286 g/mol. The smallest absolute Gasteiger partial charge is 0.278 e. The molecule has 0 atom stereocenters. The van der Waals surface area contributed by atoms with Crippen LogP contribution >= 0.6 is 0 Å². The Kier molecular flexibility index (Phi) is 5.00. The number of aromatic nitrogens is 1. The van der Waals surface area contributed by atoms with Gasteiger partial charge in [-0.1, -0.05) is 6.92 Å². The van der Waals surface area contributed by atoms with Crippen LogP contribution in [0.15, 0.2) is 30.5 Å². The van der Waals surface area contributed by atoms with Gasteiger partial charge >= 0.3 is 0 Å². The topological polar surface area (TPSA) is 96.6 Å². The Morgan fingerprint density at radius 2 is 2.14 bits per heavy atom. The van der Waals surface area contributed by atoms with Crippen molar-refractivity contribution >= 4 is 22.5 Å². The molecule has 0 aliphatic heterocycles. The summed E-state index contributed by atoms with van der Waals surface area (Å²) < 4.78 is 0. The summed E-state index contributed by atoms with van der Waals surface area (Å²) in [4.78, 5) is 28.9. The first kappa shape index (κ1) is 15.8. The highest BCUT2D eigenvalue weighted by Gasteiger charge is 2.22. The lowest BCUT2D eigenvalue weighted by molar-refractivity contribution is -0.383. The van der Waals surface area contributed by atoms with E-state index in [1.54, 1.807) is 12.1 Å². The first-order valence-electron chi connectivity index (χ1n) is 7.02. The van der Waals surface area contributed by atoms with Gasteiger partial charge in [-0.05, 0) is 24.6 Å². The third-order valence-corrected chi connectivity index (χ3v) is 3.32. The lowest BCUT2D eigenvalue weighted by atomic mass is 10.1. The molecule has 0 unspecified atom stereocenters. The average molecular weight is 303 g/mol. The van der Waals surface area contributed by atoms with Gasteiger partial charge in [0.15, 0.2) is 0 Å². The van der Waals surface area contributed by atoms with Crippen LogP contribution in [0.4, 0.5) is 5.69 Å². The molecule has 0 spiro atoms. The number of carbonyl (C=O) groups excluding carboxylic acids is 1. The van der Waals surface area contributed by atoms with E-state index in [2.05, 4.69) is 4.98 Å². The first-order chi connectivity index (χ1) is 10.6. The Morgan fingerprint density at radius 1 is 1.36 bits per heavy atom. The van der Waals surface area contributed by atoms with E-state index in [0.29, 0.717) is 23.0 Å². The van der Waals surface area contributed by atoms with Crippen molar-refractivity contribution in [1.82, 2.24) is 9.88 Å². The largest absolute Gasteiger partial charge is 0.395 e.